The monoisotopic (exact) mass is 491 g/mol. The van der Waals surface area contributed by atoms with Crippen molar-refractivity contribution in [3.8, 4) is 0 Å². The first kappa shape index (κ1) is 22.9. The number of rotatable bonds is 7. The molecule has 0 aliphatic heterocycles. The lowest BCUT2D eigenvalue weighted by atomic mass is 9.92. The highest BCUT2D eigenvalue weighted by Crippen LogP contribution is 2.27. The minimum absolute atomic E-state index is 0. The number of nitrogens with zero attached hydrogens (tertiary/aromatic N) is 1. The number of guanidine groups is 1. The highest BCUT2D eigenvalue weighted by Gasteiger charge is 2.21. The Balaban J connectivity index is 0.00000338. The molecule has 0 saturated carbocycles. The van der Waals surface area contributed by atoms with E-state index in [2.05, 4.69) is 40.9 Å². The fourth-order valence-corrected chi connectivity index (χ4v) is 3.20. The second kappa shape index (κ2) is 10.8. The summed E-state index contributed by atoms with van der Waals surface area (Å²) < 4.78 is 13.0. The number of halogens is 2. The summed E-state index contributed by atoms with van der Waals surface area (Å²) in [6, 6.07) is 10.0. The van der Waals surface area contributed by atoms with E-state index in [0.717, 1.165) is 6.54 Å². The van der Waals surface area contributed by atoms with Gasteiger partial charge in [-0.05, 0) is 36.1 Å². The van der Waals surface area contributed by atoms with E-state index in [0.29, 0.717) is 24.6 Å². The third-order valence-corrected chi connectivity index (χ3v) is 5.12. The molecule has 1 atom stereocenters. The summed E-state index contributed by atoms with van der Waals surface area (Å²) in [6.07, 6.45) is -0.727. The van der Waals surface area contributed by atoms with E-state index in [1.165, 1.54) is 17.0 Å². The molecule has 3 N–H and O–H groups in total. The molecular formula is C19H27FIN3OS. The van der Waals surface area contributed by atoms with Crippen molar-refractivity contribution in [1.29, 1.82) is 0 Å². The van der Waals surface area contributed by atoms with Crippen molar-refractivity contribution in [2.45, 2.75) is 32.3 Å². The predicted molar refractivity (Wildman–Crippen MR) is 118 cm³/mol. The van der Waals surface area contributed by atoms with Gasteiger partial charge in [0.25, 0.3) is 0 Å². The van der Waals surface area contributed by atoms with Crippen molar-refractivity contribution < 1.29 is 9.50 Å². The maximum Gasteiger partial charge on any atom is 0.191 e. The molecular weight excluding hydrogens is 464 g/mol. The van der Waals surface area contributed by atoms with Crippen LogP contribution in [-0.2, 0) is 5.41 Å². The van der Waals surface area contributed by atoms with Crippen molar-refractivity contribution in [3.05, 3.63) is 58.0 Å². The standard InChI is InChI=1S/C19H26FN3OS.HI/c1-4-21-18(23-13-19(2,3)17-6-5-11-25-17)22-12-16(24)14-7-9-15(20)10-8-14;/h5-11,16,24H,4,12-13H2,1-3H3,(H2,21,22,23);1H. The molecule has 26 heavy (non-hydrogen) atoms. The van der Waals surface area contributed by atoms with Crippen LogP contribution in [0.2, 0.25) is 0 Å². The Kier molecular flexibility index (Phi) is 9.52. The highest BCUT2D eigenvalue weighted by atomic mass is 127. The van der Waals surface area contributed by atoms with Crippen LogP contribution in [0.5, 0.6) is 0 Å². The minimum atomic E-state index is -0.727. The van der Waals surface area contributed by atoms with Crippen LogP contribution in [0.25, 0.3) is 0 Å². The van der Waals surface area contributed by atoms with Crippen molar-refractivity contribution in [3.63, 3.8) is 0 Å². The largest absolute Gasteiger partial charge is 0.387 e. The summed E-state index contributed by atoms with van der Waals surface area (Å²) >= 11 is 1.73. The van der Waals surface area contributed by atoms with Crippen LogP contribution in [-0.4, -0.2) is 30.7 Å². The van der Waals surface area contributed by atoms with Gasteiger partial charge in [-0.3, -0.25) is 4.99 Å². The number of aliphatic hydroxyl groups excluding tert-OH is 1. The van der Waals surface area contributed by atoms with Crippen LogP contribution in [0, 0.1) is 5.82 Å². The molecule has 2 aromatic rings. The van der Waals surface area contributed by atoms with Gasteiger partial charge in [-0.15, -0.1) is 35.3 Å². The molecule has 0 radical (unpaired) electrons. The van der Waals surface area contributed by atoms with Gasteiger partial charge in [0.2, 0.25) is 0 Å². The van der Waals surface area contributed by atoms with Gasteiger partial charge in [0.15, 0.2) is 5.96 Å². The molecule has 0 aliphatic rings. The summed E-state index contributed by atoms with van der Waals surface area (Å²) in [5.74, 6) is 0.350. The van der Waals surface area contributed by atoms with E-state index in [-0.39, 0.29) is 35.2 Å². The van der Waals surface area contributed by atoms with Crippen molar-refractivity contribution >= 4 is 41.3 Å². The van der Waals surface area contributed by atoms with E-state index in [1.807, 2.05) is 13.0 Å². The highest BCUT2D eigenvalue weighted by molar-refractivity contribution is 14.0. The van der Waals surface area contributed by atoms with Crippen molar-refractivity contribution in [1.82, 2.24) is 10.6 Å². The van der Waals surface area contributed by atoms with Crippen molar-refractivity contribution in [2.24, 2.45) is 4.99 Å². The van der Waals surface area contributed by atoms with Gasteiger partial charge in [-0.25, -0.2) is 4.39 Å². The average molecular weight is 491 g/mol. The lowest BCUT2D eigenvalue weighted by molar-refractivity contribution is 0.180. The Morgan fingerprint density at radius 2 is 1.92 bits per heavy atom. The molecule has 1 heterocycles. The molecule has 0 spiro atoms. The smallest absolute Gasteiger partial charge is 0.191 e. The zero-order valence-corrected chi connectivity index (χ0v) is 18.5. The van der Waals surface area contributed by atoms with Crippen LogP contribution in [0.3, 0.4) is 0 Å². The molecule has 0 fully saturated rings. The lowest BCUT2D eigenvalue weighted by Crippen LogP contribution is -2.40. The van der Waals surface area contributed by atoms with Crippen LogP contribution in [0.1, 0.15) is 37.3 Å². The fraction of sp³-hybridized carbons (Fsp3) is 0.421. The van der Waals surface area contributed by atoms with E-state index in [1.54, 1.807) is 23.5 Å². The Labute approximate surface area is 176 Å². The van der Waals surface area contributed by atoms with E-state index in [4.69, 9.17) is 0 Å². The number of aliphatic hydroxyl groups is 1. The van der Waals surface area contributed by atoms with E-state index < -0.39 is 6.10 Å². The van der Waals surface area contributed by atoms with Crippen LogP contribution < -0.4 is 10.6 Å². The normalized spacial score (nSPS) is 13.0. The Bertz CT molecular complexity index is 675. The van der Waals surface area contributed by atoms with Crippen molar-refractivity contribution in [2.75, 3.05) is 19.6 Å². The molecule has 0 bridgehead atoms. The Morgan fingerprint density at radius 3 is 2.50 bits per heavy atom. The summed E-state index contributed by atoms with van der Waals surface area (Å²) in [5, 5.41) is 18.7. The predicted octanol–water partition coefficient (Wildman–Crippen LogP) is 4.07. The third kappa shape index (κ3) is 6.85. The van der Waals surface area contributed by atoms with Crippen LogP contribution >= 0.6 is 35.3 Å². The first-order valence-corrected chi connectivity index (χ1v) is 9.30. The van der Waals surface area contributed by atoms with E-state index in [9.17, 15) is 9.50 Å². The van der Waals surface area contributed by atoms with Gasteiger partial charge in [0.05, 0.1) is 12.6 Å². The summed E-state index contributed by atoms with van der Waals surface area (Å²) in [7, 11) is 0. The molecule has 1 unspecified atom stereocenters. The third-order valence-electron chi connectivity index (χ3n) is 3.88. The maximum absolute atomic E-state index is 13.0. The first-order chi connectivity index (χ1) is 11.9. The number of hydrogen-bond acceptors (Lipinski definition) is 3. The van der Waals surface area contributed by atoms with Gasteiger partial charge in [0, 0.05) is 23.4 Å². The van der Waals surface area contributed by atoms with Gasteiger partial charge in [-0.2, -0.15) is 0 Å². The molecule has 0 aliphatic carbocycles. The zero-order chi connectivity index (χ0) is 18.3. The van der Waals surface area contributed by atoms with Crippen LogP contribution in [0.15, 0.2) is 46.8 Å². The van der Waals surface area contributed by atoms with Gasteiger partial charge in [-0.1, -0.05) is 32.0 Å². The average Bonchev–Trinajstić information content (AvgIpc) is 3.13. The number of thiophene rings is 1. The fourth-order valence-electron chi connectivity index (χ4n) is 2.36. The maximum atomic E-state index is 13.0. The van der Waals surface area contributed by atoms with E-state index >= 15 is 0 Å². The summed E-state index contributed by atoms with van der Waals surface area (Å²) in [6.45, 7) is 8.00. The SMILES string of the molecule is CCNC(=NCC(C)(C)c1cccs1)NCC(O)c1ccc(F)cc1.I. The second-order valence-corrected chi connectivity index (χ2v) is 7.45. The Morgan fingerprint density at radius 1 is 1.23 bits per heavy atom. The Hall–Kier alpha value is -1.19. The van der Waals surface area contributed by atoms with Gasteiger partial charge >= 0.3 is 0 Å². The first-order valence-electron chi connectivity index (χ1n) is 8.42. The van der Waals surface area contributed by atoms with Gasteiger partial charge in [0.1, 0.15) is 5.82 Å². The topological polar surface area (TPSA) is 56.7 Å². The zero-order valence-electron chi connectivity index (χ0n) is 15.3. The summed E-state index contributed by atoms with van der Waals surface area (Å²) in [4.78, 5) is 5.94. The number of nitrogens with one attached hydrogen (secondary N) is 2. The minimum Gasteiger partial charge on any atom is -0.387 e. The molecule has 4 nitrogen and oxygen atoms in total. The van der Waals surface area contributed by atoms with Crippen LogP contribution in [0.4, 0.5) is 4.39 Å². The summed E-state index contributed by atoms with van der Waals surface area (Å²) in [5.41, 5.74) is 0.621. The number of benzene rings is 1. The molecule has 144 valence electrons. The molecule has 7 heteroatoms. The molecule has 0 amide bonds. The quantitative estimate of drug-likeness (QED) is 0.311. The number of aliphatic imine (C=N–C) groups is 1. The molecule has 1 aromatic carbocycles. The number of hydrogen-bond donors (Lipinski definition) is 3. The molecule has 0 saturated heterocycles. The lowest BCUT2D eigenvalue weighted by Gasteiger charge is -2.22. The second-order valence-electron chi connectivity index (χ2n) is 6.50. The molecule has 1 aromatic heterocycles. The van der Waals surface area contributed by atoms with Gasteiger partial charge < -0.3 is 15.7 Å². The molecule has 2 rings (SSSR count).